The van der Waals surface area contributed by atoms with Gasteiger partial charge in [0.25, 0.3) is 0 Å². The average molecular weight is 1620 g/mol. The van der Waals surface area contributed by atoms with Crippen LogP contribution in [0.1, 0.15) is 0 Å². The zero-order chi connectivity index (χ0) is 80.7. The number of thiophene rings is 3. The lowest BCUT2D eigenvalue weighted by Crippen LogP contribution is -1.96. The third-order valence-electron chi connectivity index (χ3n) is 24.2. The van der Waals surface area contributed by atoms with Crippen LogP contribution in [-0.4, -0.2) is 29.9 Å². The molecular formula is C112H64N6O2S3. The van der Waals surface area contributed by atoms with Gasteiger partial charge in [0, 0.05) is 170 Å². The second-order valence-corrected chi connectivity index (χ2v) is 34.5. The Kier molecular flexibility index (Phi) is 16.4. The lowest BCUT2D eigenvalue weighted by atomic mass is 9.91. The number of rotatable bonds is 10. The summed E-state index contributed by atoms with van der Waals surface area (Å²) < 4.78 is 20.6. The minimum absolute atomic E-state index is 0.661. The summed E-state index contributed by atoms with van der Waals surface area (Å²) in [5.74, 6) is 1.39. The normalized spacial score (nSPS) is 11.9. The van der Waals surface area contributed by atoms with Crippen LogP contribution in [0.15, 0.2) is 397 Å². The first kappa shape index (κ1) is 70.5. The van der Waals surface area contributed by atoms with Crippen LogP contribution >= 0.6 is 34.0 Å². The number of furan rings is 2. The molecule has 0 spiro atoms. The standard InChI is InChI=1S/C59H33N3S3.C53H31N3O2/c1-2-14-36(15-3-1)55-46-32-45(58-54(43-19-7-11-27-52(43)65-58)53(46)41-18-4-8-24-47(41)60-55)34-28-30-35(31-29-34)48-33-49(42-22-12-20-39-37-16-5-9-25-50(37)63-56(39)42)62-59(61-48)44-23-13-21-40-38-17-6-10-26-51(38)64-57(40)44;1-3-13-34(14-4-1)51-42-30-41(52-50(40-19-9-12-22-47(40)58-52)49(42)39-18-7-10-20-43(39)54-51)32-23-25-33(26-24-32)44-31-45(56-53(55-44)35-15-5-2-6-16-35)36-27-28-38-37-17-8-11-21-46(37)57-48(38)29-36/h1-33H;1-31H. The molecule has 0 amide bonds. The summed E-state index contributed by atoms with van der Waals surface area (Å²) in [7, 11) is 0. The molecule has 8 nitrogen and oxygen atoms in total. The molecule has 0 unspecified atom stereocenters. The summed E-state index contributed by atoms with van der Waals surface area (Å²) in [6, 6.07) is 137. The van der Waals surface area contributed by atoms with Gasteiger partial charge in [-0.15, -0.1) is 34.0 Å². The molecule has 123 heavy (non-hydrogen) atoms. The smallest absolute Gasteiger partial charge is 0.161 e. The Hall–Kier alpha value is -15.5. The van der Waals surface area contributed by atoms with E-state index in [1.54, 1.807) is 0 Å². The first-order chi connectivity index (χ1) is 60.9. The second-order valence-electron chi connectivity index (χ2n) is 31.3. The molecule has 9 heterocycles. The summed E-state index contributed by atoms with van der Waals surface area (Å²) in [4.78, 5) is 31.7. The maximum atomic E-state index is 6.79. The fourth-order valence-electron chi connectivity index (χ4n) is 18.4. The molecule has 17 aromatic carbocycles. The first-order valence-corrected chi connectivity index (χ1v) is 43.6. The summed E-state index contributed by atoms with van der Waals surface area (Å²) in [5, 5.41) is 18.8. The van der Waals surface area contributed by atoms with Crippen LogP contribution in [-0.2, 0) is 0 Å². The third kappa shape index (κ3) is 11.8. The van der Waals surface area contributed by atoms with Crippen LogP contribution in [0.3, 0.4) is 0 Å². The summed E-state index contributed by atoms with van der Waals surface area (Å²) in [6.45, 7) is 0. The molecule has 0 N–H and O–H groups in total. The van der Waals surface area contributed by atoms with Crippen molar-refractivity contribution >= 4 is 182 Å². The van der Waals surface area contributed by atoms with E-state index in [1.165, 1.54) is 76.9 Å². The van der Waals surface area contributed by atoms with Gasteiger partial charge < -0.3 is 8.83 Å². The molecule has 0 saturated carbocycles. The number of aromatic nitrogens is 6. The number of pyridine rings is 2. The van der Waals surface area contributed by atoms with Gasteiger partial charge in [0.2, 0.25) is 0 Å². The molecule has 0 bridgehead atoms. The number of nitrogens with zero attached hydrogens (tertiary/aromatic N) is 6. The SMILES string of the molecule is c1ccc(-c2nc(-c3ccc(-c4cc5c(-c6ccccc6)nc6ccccc6c5c5c4oc4ccccc45)cc3)cc(-c3ccc4c(c3)oc3ccccc34)n2)cc1.c1ccc(-c2nc3ccccc3c3c2cc(-c2ccc(-c4cc(-c5cccc6c5sc5ccccc56)nc(-c5cccc6c5sc5ccccc56)n4)cc2)c2sc4ccccc4c23)cc1. The van der Waals surface area contributed by atoms with Gasteiger partial charge in [-0.3, -0.25) is 0 Å². The largest absolute Gasteiger partial charge is 0.456 e. The van der Waals surface area contributed by atoms with E-state index in [0.717, 1.165) is 178 Å². The molecule has 26 rings (SSSR count). The Morgan fingerprint density at radius 3 is 1.20 bits per heavy atom. The van der Waals surface area contributed by atoms with Crippen molar-refractivity contribution in [2.45, 2.75) is 0 Å². The lowest BCUT2D eigenvalue weighted by molar-refractivity contribution is 0.669. The van der Waals surface area contributed by atoms with Crippen LogP contribution in [0.4, 0.5) is 0 Å². The summed E-state index contributed by atoms with van der Waals surface area (Å²) in [5.41, 5.74) is 23.4. The van der Waals surface area contributed by atoms with E-state index in [9.17, 15) is 0 Å². The highest BCUT2D eigenvalue weighted by atomic mass is 32.1. The van der Waals surface area contributed by atoms with E-state index in [1.807, 2.05) is 82.5 Å². The van der Waals surface area contributed by atoms with E-state index >= 15 is 0 Å². The van der Waals surface area contributed by atoms with Gasteiger partial charge in [-0.1, -0.05) is 303 Å². The van der Waals surface area contributed by atoms with Crippen LogP contribution in [0, 0.1) is 0 Å². The molecule has 0 atom stereocenters. The predicted octanol–water partition coefficient (Wildman–Crippen LogP) is 31.9. The summed E-state index contributed by atoms with van der Waals surface area (Å²) in [6.07, 6.45) is 0. The van der Waals surface area contributed by atoms with E-state index in [0.29, 0.717) is 5.82 Å². The molecule has 9 aromatic heterocycles. The van der Waals surface area contributed by atoms with Gasteiger partial charge in [-0.05, 0) is 96.1 Å². The van der Waals surface area contributed by atoms with Gasteiger partial charge in [-0.25, -0.2) is 29.9 Å². The quantitative estimate of drug-likeness (QED) is 0.125. The lowest BCUT2D eigenvalue weighted by Gasteiger charge is -2.15. The highest BCUT2D eigenvalue weighted by Gasteiger charge is 2.26. The molecule has 572 valence electrons. The zero-order valence-corrected chi connectivity index (χ0v) is 68.1. The van der Waals surface area contributed by atoms with E-state index in [2.05, 4.69) is 340 Å². The van der Waals surface area contributed by atoms with Crippen molar-refractivity contribution in [3.05, 3.63) is 388 Å². The van der Waals surface area contributed by atoms with Crippen molar-refractivity contribution < 1.29 is 8.83 Å². The predicted molar refractivity (Wildman–Crippen MR) is 517 cm³/mol. The summed E-state index contributed by atoms with van der Waals surface area (Å²) >= 11 is 5.52. The molecule has 0 radical (unpaired) electrons. The molecule has 0 aliphatic heterocycles. The average Bonchev–Trinajstić information content (AvgIpc) is 1.65. The third-order valence-corrected chi connectivity index (χ3v) is 27.8. The van der Waals surface area contributed by atoms with Crippen LogP contribution in [0.25, 0.3) is 260 Å². The van der Waals surface area contributed by atoms with E-state index in [-0.39, 0.29) is 0 Å². The maximum absolute atomic E-state index is 6.79. The Labute approximate surface area is 715 Å². The van der Waals surface area contributed by atoms with E-state index < -0.39 is 0 Å². The topological polar surface area (TPSA) is 104 Å². The van der Waals surface area contributed by atoms with Crippen molar-refractivity contribution in [2.75, 3.05) is 0 Å². The number of benzene rings is 17. The monoisotopic (exact) mass is 1620 g/mol. The zero-order valence-electron chi connectivity index (χ0n) is 65.7. The van der Waals surface area contributed by atoms with Crippen molar-refractivity contribution in [1.29, 1.82) is 0 Å². The number of para-hydroxylation sites is 4. The molecule has 0 aliphatic rings. The Morgan fingerprint density at radius 1 is 0.187 bits per heavy atom. The molecule has 0 saturated heterocycles. The fraction of sp³-hybridized carbons (Fsp3) is 0. The number of fused-ring (bicyclic) bond motifs is 23. The second kappa shape index (κ2) is 28.6. The fourth-order valence-corrected chi connectivity index (χ4v) is 22.1. The van der Waals surface area contributed by atoms with Crippen molar-refractivity contribution in [3.63, 3.8) is 0 Å². The molecule has 0 fully saturated rings. The number of hydrogen-bond donors (Lipinski definition) is 0. The Morgan fingerprint density at radius 2 is 0.593 bits per heavy atom. The Bertz CT molecular complexity index is 8690. The van der Waals surface area contributed by atoms with Crippen LogP contribution in [0.5, 0.6) is 0 Å². The highest BCUT2D eigenvalue weighted by Crippen LogP contribution is 2.51. The minimum atomic E-state index is 0.661. The Balaban J connectivity index is 0.000000136. The minimum Gasteiger partial charge on any atom is -0.456 e. The molecule has 11 heteroatoms. The van der Waals surface area contributed by atoms with Crippen molar-refractivity contribution in [2.24, 2.45) is 0 Å². The molecular weight excluding hydrogens is 1560 g/mol. The van der Waals surface area contributed by atoms with Crippen molar-refractivity contribution in [3.8, 4) is 113 Å². The first-order valence-electron chi connectivity index (χ1n) is 41.2. The van der Waals surface area contributed by atoms with Crippen LogP contribution < -0.4 is 0 Å². The molecule has 26 aromatic rings. The highest BCUT2D eigenvalue weighted by molar-refractivity contribution is 7.27. The van der Waals surface area contributed by atoms with Crippen molar-refractivity contribution in [1.82, 2.24) is 29.9 Å². The van der Waals surface area contributed by atoms with Gasteiger partial charge >= 0.3 is 0 Å². The van der Waals surface area contributed by atoms with Gasteiger partial charge in [0.1, 0.15) is 22.3 Å². The van der Waals surface area contributed by atoms with Gasteiger partial charge in [0.05, 0.1) is 45.2 Å². The van der Waals surface area contributed by atoms with E-state index in [4.69, 9.17) is 38.7 Å². The maximum Gasteiger partial charge on any atom is 0.161 e. The van der Waals surface area contributed by atoms with Crippen LogP contribution in [0.2, 0.25) is 0 Å². The van der Waals surface area contributed by atoms with Gasteiger partial charge in [-0.2, -0.15) is 0 Å². The molecule has 0 aliphatic carbocycles. The number of hydrogen-bond acceptors (Lipinski definition) is 11. The van der Waals surface area contributed by atoms with Gasteiger partial charge in [0.15, 0.2) is 11.6 Å².